The molecule has 0 spiro atoms. The van der Waals surface area contributed by atoms with Crippen LogP contribution in [0, 0.1) is 13.8 Å². The Hall–Kier alpha value is -3.07. The van der Waals surface area contributed by atoms with Crippen LogP contribution in [0.1, 0.15) is 74.3 Å². The summed E-state index contributed by atoms with van der Waals surface area (Å²) < 4.78 is 0. The molecule has 0 aliphatic carbocycles. The average Bonchev–Trinajstić information content (AvgIpc) is 2.75. The largest absolute Gasteiger partial charge is 0.258 e. The van der Waals surface area contributed by atoms with Crippen molar-refractivity contribution in [1.82, 2.24) is 15.0 Å². The van der Waals surface area contributed by atoms with E-state index in [4.69, 9.17) is 9.97 Å². The minimum absolute atomic E-state index is 0.720. The Morgan fingerprint density at radius 1 is 0.839 bits per heavy atom. The minimum Gasteiger partial charge on any atom is -0.258 e. The molecule has 0 aliphatic heterocycles. The fourth-order valence-corrected chi connectivity index (χ4v) is 3.00. The van der Waals surface area contributed by atoms with Crippen LogP contribution in [0.4, 0.5) is 0 Å². The molecule has 0 atom stereocenters. The smallest absolute Gasteiger partial charge is 0.0884 e. The van der Waals surface area contributed by atoms with Crippen molar-refractivity contribution in [2.45, 2.75) is 61.3 Å². The summed E-state index contributed by atoms with van der Waals surface area (Å²) in [6, 6.07) is 4.21. The maximum Gasteiger partial charge on any atom is 0.0884 e. The first-order valence-corrected chi connectivity index (χ1v) is 10.9. The SMILES string of the molecule is C=CC.C=Cc1nc(CC(/C=C\C)=C/C)c(Cc2cc(C)nc(C)c2)nc1C=C.CC. The summed E-state index contributed by atoms with van der Waals surface area (Å²) in [6.45, 7) is 25.1. The molecule has 0 fully saturated rings. The van der Waals surface area contributed by atoms with Gasteiger partial charge < -0.3 is 0 Å². The van der Waals surface area contributed by atoms with E-state index in [0.717, 1.165) is 47.0 Å². The van der Waals surface area contributed by atoms with E-state index in [-0.39, 0.29) is 0 Å². The third kappa shape index (κ3) is 9.52. The van der Waals surface area contributed by atoms with E-state index in [1.54, 1.807) is 18.2 Å². The number of aryl methyl sites for hydroxylation is 2. The summed E-state index contributed by atoms with van der Waals surface area (Å²) in [6.07, 6.45) is 13.0. The lowest BCUT2D eigenvalue weighted by molar-refractivity contribution is 0.919. The van der Waals surface area contributed by atoms with E-state index in [9.17, 15) is 0 Å². The number of aromatic nitrogens is 3. The highest BCUT2D eigenvalue weighted by Gasteiger charge is 2.13. The van der Waals surface area contributed by atoms with Gasteiger partial charge in [0.2, 0.25) is 0 Å². The topological polar surface area (TPSA) is 38.7 Å². The van der Waals surface area contributed by atoms with Crippen LogP contribution in [-0.2, 0) is 12.8 Å². The summed E-state index contributed by atoms with van der Waals surface area (Å²) in [7, 11) is 0. The first kappa shape index (κ1) is 27.9. The average molecular weight is 418 g/mol. The predicted octanol–water partition coefficient (Wildman–Crippen LogP) is 7.65. The van der Waals surface area contributed by atoms with Gasteiger partial charge in [-0.15, -0.1) is 6.58 Å². The molecule has 2 heterocycles. The van der Waals surface area contributed by atoms with E-state index in [0.29, 0.717) is 0 Å². The Kier molecular flexibility index (Phi) is 14.2. The second-order valence-electron chi connectivity index (χ2n) is 6.68. The zero-order valence-electron chi connectivity index (χ0n) is 20.5. The highest BCUT2D eigenvalue weighted by atomic mass is 14.8. The lowest BCUT2D eigenvalue weighted by Gasteiger charge is -2.13. The van der Waals surface area contributed by atoms with Crippen LogP contribution in [0.2, 0.25) is 0 Å². The molecule has 0 bridgehead atoms. The first-order valence-electron chi connectivity index (χ1n) is 10.9. The zero-order valence-corrected chi connectivity index (χ0v) is 20.5. The number of hydrogen-bond acceptors (Lipinski definition) is 3. The molecule has 2 rings (SSSR count). The Morgan fingerprint density at radius 3 is 1.74 bits per heavy atom. The van der Waals surface area contributed by atoms with Crippen molar-refractivity contribution in [3.05, 3.63) is 101 Å². The molecule has 3 heteroatoms. The lowest BCUT2D eigenvalue weighted by Crippen LogP contribution is -2.08. The van der Waals surface area contributed by atoms with Crippen LogP contribution in [0.5, 0.6) is 0 Å². The molecule has 0 unspecified atom stereocenters. The fourth-order valence-electron chi connectivity index (χ4n) is 3.00. The quantitative estimate of drug-likeness (QED) is 0.343. The highest BCUT2D eigenvalue weighted by molar-refractivity contribution is 5.58. The molecule has 0 aliphatic rings. The van der Waals surface area contributed by atoms with Crippen LogP contribution in [0.3, 0.4) is 0 Å². The summed E-state index contributed by atoms with van der Waals surface area (Å²) in [4.78, 5) is 14.1. The van der Waals surface area contributed by atoms with E-state index in [2.05, 4.69) is 49.0 Å². The second-order valence-corrected chi connectivity index (χ2v) is 6.68. The van der Waals surface area contributed by atoms with E-state index in [1.165, 1.54) is 11.1 Å². The molecule has 166 valence electrons. The standard InChI is InChI=1S/C23H27N3.C3H6.C2H6/c1-7-11-18(8-2)14-22-23(26-21(10-4)20(9-3)25-22)15-19-12-16(5)24-17(6)13-19;1-3-2;1-2/h7-13H,3-4,14-15H2,1-2,5-6H3;3H,1H2,2H3;1-2H3/b11-7-,18-8+;;. The van der Waals surface area contributed by atoms with Crippen LogP contribution in [-0.4, -0.2) is 15.0 Å². The van der Waals surface area contributed by atoms with Gasteiger partial charge in [-0.05, 0) is 70.0 Å². The predicted molar refractivity (Wildman–Crippen MR) is 138 cm³/mol. The molecular formula is C28H39N3. The van der Waals surface area contributed by atoms with Crippen LogP contribution < -0.4 is 0 Å². The number of allylic oxidation sites excluding steroid dienone is 5. The Morgan fingerprint density at radius 2 is 1.32 bits per heavy atom. The van der Waals surface area contributed by atoms with E-state index in [1.807, 2.05) is 54.5 Å². The molecule has 0 N–H and O–H groups in total. The summed E-state index contributed by atoms with van der Waals surface area (Å²) in [5.74, 6) is 0. The van der Waals surface area contributed by atoms with Gasteiger partial charge in [-0.25, -0.2) is 9.97 Å². The summed E-state index contributed by atoms with van der Waals surface area (Å²) >= 11 is 0. The van der Waals surface area contributed by atoms with Gasteiger partial charge in [0, 0.05) is 24.2 Å². The third-order valence-electron chi connectivity index (χ3n) is 4.13. The van der Waals surface area contributed by atoms with Crippen molar-refractivity contribution in [3.8, 4) is 0 Å². The van der Waals surface area contributed by atoms with Gasteiger partial charge in [0.25, 0.3) is 0 Å². The number of hydrogen-bond donors (Lipinski definition) is 0. The molecule has 0 amide bonds. The summed E-state index contributed by atoms with van der Waals surface area (Å²) in [5.41, 5.74) is 7.94. The van der Waals surface area contributed by atoms with Crippen molar-refractivity contribution in [2.24, 2.45) is 0 Å². The van der Waals surface area contributed by atoms with Crippen molar-refractivity contribution >= 4 is 12.2 Å². The number of nitrogens with zero attached hydrogens (tertiary/aromatic N) is 3. The second kappa shape index (κ2) is 15.7. The van der Waals surface area contributed by atoms with Gasteiger partial charge in [-0.3, -0.25) is 4.98 Å². The van der Waals surface area contributed by atoms with Gasteiger partial charge in [0.15, 0.2) is 0 Å². The molecule has 3 nitrogen and oxygen atoms in total. The monoisotopic (exact) mass is 417 g/mol. The molecule has 2 aromatic rings. The number of rotatable bonds is 7. The number of pyridine rings is 1. The van der Waals surface area contributed by atoms with Gasteiger partial charge in [0.05, 0.1) is 22.8 Å². The van der Waals surface area contributed by atoms with Crippen LogP contribution in [0.25, 0.3) is 12.2 Å². The molecule has 0 saturated heterocycles. The highest BCUT2D eigenvalue weighted by Crippen LogP contribution is 2.19. The van der Waals surface area contributed by atoms with Crippen molar-refractivity contribution in [1.29, 1.82) is 0 Å². The van der Waals surface area contributed by atoms with Crippen LogP contribution >= 0.6 is 0 Å². The van der Waals surface area contributed by atoms with Gasteiger partial charge in [-0.1, -0.05) is 51.3 Å². The summed E-state index contributed by atoms with van der Waals surface area (Å²) in [5, 5.41) is 0. The molecule has 0 aromatic carbocycles. The Balaban J connectivity index is 0.00000165. The van der Waals surface area contributed by atoms with Gasteiger partial charge in [-0.2, -0.15) is 0 Å². The van der Waals surface area contributed by atoms with Crippen LogP contribution in [0.15, 0.2) is 61.7 Å². The molecule has 0 radical (unpaired) electrons. The van der Waals surface area contributed by atoms with Crippen molar-refractivity contribution < 1.29 is 0 Å². The lowest BCUT2D eigenvalue weighted by atomic mass is 10.0. The van der Waals surface area contributed by atoms with E-state index >= 15 is 0 Å². The third-order valence-corrected chi connectivity index (χ3v) is 4.13. The molecule has 31 heavy (non-hydrogen) atoms. The minimum atomic E-state index is 0.720. The fraction of sp³-hybridized carbons (Fsp3) is 0.321. The molecule has 0 saturated carbocycles. The molecular weight excluding hydrogens is 378 g/mol. The maximum absolute atomic E-state index is 4.84. The molecule has 2 aromatic heterocycles. The first-order chi connectivity index (χ1) is 14.9. The Labute approximate surface area is 190 Å². The van der Waals surface area contributed by atoms with Crippen molar-refractivity contribution in [3.63, 3.8) is 0 Å². The van der Waals surface area contributed by atoms with Gasteiger partial charge in [0.1, 0.15) is 0 Å². The van der Waals surface area contributed by atoms with E-state index < -0.39 is 0 Å². The Bertz CT molecular complexity index is 898. The zero-order chi connectivity index (χ0) is 23.8. The van der Waals surface area contributed by atoms with Crippen molar-refractivity contribution in [2.75, 3.05) is 0 Å². The normalized spacial score (nSPS) is 10.5. The van der Waals surface area contributed by atoms with Gasteiger partial charge >= 0.3 is 0 Å². The maximum atomic E-state index is 4.84.